The van der Waals surface area contributed by atoms with Gasteiger partial charge in [-0.1, -0.05) is 162 Å². The molecule has 0 N–H and O–H groups in total. The molecular weight excluding hydrogens is 688 g/mol. The minimum atomic E-state index is 0.0267. The molecule has 0 aliphatic carbocycles. The van der Waals surface area contributed by atoms with Crippen LogP contribution in [0.3, 0.4) is 0 Å². The minimum Gasteiger partial charge on any atom is -0.135 e. The highest BCUT2D eigenvalue weighted by molar-refractivity contribution is 7.27. The average Bonchev–Trinajstić information content (AvgIpc) is 3.73. The van der Waals surface area contributed by atoms with E-state index in [0.717, 1.165) is 0 Å². The van der Waals surface area contributed by atoms with Gasteiger partial charge in [0.1, 0.15) is 0 Å². The summed E-state index contributed by atoms with van der Waals surface area (Å²) in [5.41, 5.74) is 13.7. The van der Waals surface area contributed by atoms with Crippen molar-refractivity contribution in [2.75, 3.05) is 0 Å². The van der Waals surface area contributed by atoms with E-state index in [4.69, 9.17) is 0 Å². The maximum Gasteiger partial charge on any atom is 0.244 e. The number of rotatable bonds is 3. The third kappa shape index (κ3) is 3.93. The Morgan fingerprint density at radius 1 is 0.333 bits per heavy atom. The van der Waals surface area contributed by atoms with Crippen LogP contribution in [0.2, 0.25) is 0 Å². The molecule has 11 aromatic rings. The van der Waals surface area contributed by atoms with Crippen molar-refractivity contribution in [3.8, 4) is 22.3 Å². The average molecular weight is 717 g/mol. The Kier molecular flexibility index (Phi) is 5.89. The smallest absolute Gasteiger partial charge is 0.135 e. The molecule has 9 aromatic carbocycles. The molecule has 0 atom stereocenters. The van der Waals surface area contributed by atoms with Gasteiger partial charge in [0.25, 0.3) is 0 Å². The fourth-order valence-corrected chi connectivity index (χ4v) is 12.5. The molecule has 0 bridgehead atoms. The maximum absolute atomic E-state index is 2.59. The largest absolute Gasteiger partial charge is 0.244 e. The predicted octanol–water partition coefficient (Wildman–Crippen LogP) is 12.4. The molecule has 0 spiro atoms. The van der Waals surface area contributed by atoms with Crippen molar-refractivity contribution in [1.29, 1.82) is 0 Å². The molecule has 54 heavy (non-hydrogen) atoms. The fraction of sp³-hybridized carbons (Fsp3) is 0.0196. The van der Waals surface area contributed by atoms with Crippen LogP contribution in [-0.4, -0.2) is 6.71 Å². The van der Waals surface area contributed by atoms with Gasteiger partial charge in [-0.15, -0.1) is 22.7 Å². The number of thiophene rings is 2. The molecule has 3 heteroatoms. The minimum absolute atomic E-state index is 0.0267. The van der Waals surface area contributed by atoms with Gasteiger partial charge in [0.05, 0.1) is 0 Å². The number of benzene rings is 9. The Hall–Kier alpha value is -6.00. The monoisotopic (exact) mass is 716 g/mol. The first kappa shape index (κ1) is 29.5. The zero-order chi connectivity index (χ0) is 35.1. The highest BCUT2D eigenvalue weighted by Gasteiger charge is 2.38. The van der Waals surface area contributed by atoms with E-state index in [2.05, 4.69) is 170 Å². The van der Waals surface area contributed by atoms with Crippen LogP contribution < -0.4 is 16.4 Å². The second kappa shape index (κ2) is 10.8. The lowest BCUT2D eigenvalue weighted by molar-refractivity contribution is 0.985. The third-order valence-corrected chi connectivity index (χ3v) is 14.6. The first-order valence-corrected chi connectivity index (χ1v) is 20.4. The molecule has 248 valence electrons. The van der Waals surface area contributed by atoms with Gasteiger partial charge in [-0.25, -0.2) is 0 Å². The summed E-state index contributed by atoms with van der Waals surface area (Å²) in [5, 5.41) is 10.8. The number of hydrogen-bond donors (Lipinski definition) is 0. The van der Waals surface area contributed by atoms with E-state index in [1.165, 1.54) is 117 Å². The molecule has 2 aliphatic heterocycles. The quantitative estimate of drug-likeness (QED) is 0.126. The van der Waals surface area contributed by atoms with Gasteiger partial charge in [0, 0.05) is 35.5 Å². The lowest BCUT2D eigenvalue weighted by Crippen LogP contribution is -2.53. The molecule has 0 nitrogen and oxygen atoms in total. The Balaban J connectivity index is 1.21. The van der Waals surface area contributed by atoms with Crippen LogP contribution in [0.15, 0.2) is 170 Å². The summed E-state index contributed by atoms with van der Waals surface area (Å²) in [5.74, 6) is 0.0267. The Bertz CT molecular complexity index is 3200. The second-order valence-electron chi connectivity index (χ2n) is 15.1. The first-order valence-electron chi connectivity index (χ1n) is 18.8. The van der Waals surface area contributed by atoms with E-state index >= 15 is 0 Å². The zero-order valence-electron chi connectivity index (χ0n) is 29.1. The van der Waals surface area contributed by atoms with Crippen LogP contribution in [0.25, 0.3) is 84.1 Å². The molecule has 0 unspecified atom stereocenters. The molecule has 13 rings (SSSR count). The Morgan fingerprint density at radius 3 is 1.28 bits per heavy atom. The van der Waals surface area contributed by atoms with Crippen LogP contribution in [-0.2, 0) is 0 Å². The summed E-state index contributed by atoms with van der Waals surface area (Å²) in [6.45, 7) is 0.103. The molecule has 2 aromatic heterocycles. The highest BCUT2D eigenvalue weighted by atomic mass is 32.1. The molecule has 0 fully saturated rings. The van der Waals surface area contributed by atoms with Crippen molar-refractivity contribution in [2.45, 2.75) is 5.92 Å². The van der Waals surface area contributed by atoms with E-state index in [9.17, 15) is 0 Å². The Labute approximate surface area is 320 Å². The lowest BCUT2D eigenvalue weighted by atomic mass is 9.35. The standard InChI is InChI=1S/C51H29BS2/c1-3-11-31-25-33(23-21-29(31)9-1)46(34-24-22-30-10-2-4-12-32(30)26-34)35-27-38-36-13-5-17-42-47(36)49-40(15-7-19-44(49)53-42)52-41-16-8-20-45-50(41)48-37(39(28-35)51(38)52)14-6-18-43(48)54-45/h1-28,46H. The first-order chi connectivity index (χ1) is 26.8. The number of hydrogen-bond acceptors (Lipinski definition) is 2. The van der Waals surface area contributed by atoms with Crippen LogP contribution >= 0.6 is 22.7 Å². The molecule has 0 amide bonds. The van der Waals surface area contributed by atoms with Crippen molar-refractivity contribution in [1.82, 2.24) is 0 Å². The summed E-state index contributed by atoms with van der Waals surface area (Å²) < 4.78 is 5.48. The lowest BCUT2D eigenvalue weighted by Gasteiger charge is -2.26. The fourth-order valence-electron chi connectivity index (χ4n) is 10.1. The van der Waals surface area contributed by atoms with Gasteiger partial charge in [-0.2, -0.15) is 0 Å². The van der Waals surface area contributed by atoms with E-state index in [-0.39, 0.29) is 12.6 Å². The van der Waals surface area contributed by atoms with Gasteiger partial charge in [0.15, 0.2) is 0 Å². The van der Waals surface area contributed by atoms with E-state index in [0.29, 0.717) is 0 Å². The predicted molar refractivity (Wildman–Crippen MR) is 237 cm³/mol. The van der Waals surface area contributed by atoms with Crippen LogP contribution in [0.1, 0.15) is 22.6 Å². The van der Waals surface area contributed by atoms with Gasteiger partial charge in [-0.3, -0.25) is 0 Å². The third-order valence-electron chi connectivity index (χ3n) is 12.3. The molecule has 0 saturated carbocycles. The Morgan fingerprint density at radius 2 is 0.778 bits per heavy atom. The molecule has 0 radical (unpaired) electrons. The summed E-state index contributed by atoms with van der Waals surface area (Å²) in [4.78, 5) is 0. The summed E-state index contributed by atoms with van der Waals surface area (Å²) in [6, 6.07) is 65.1. The van der Waals surface area contributed by atoms with Gasteiger partial charge < -0.3 is 0 Å². The van der Waals surface area contributed by atoms with Crippen molar-refractivity contribution < 1.29 is 0 Å². The zero-order valence-corrected chi connectivity index (χ0v) is 30.8. The summed E-state index contributed by atoms with van der Waals surface area (Å²) in [7, 11) is 0. The van der Waals surface area contributed by atoms with E-state index < -0.39 is 0 Å². The number of fused-ring (bicyclic) bond motifs is 6. The molecule has 0 saturated heterocycles. The summed E-state index contributed by atoms with van der Waals surface area (Å²) in [6.07, 6.45) is 0. The van der Waals surface area contributed by atoms with Gasteiger partial charge in [-0.05, 0) is 95.5 Å². The SMILES string of the molecule is c1ccc2cc(C(c3cc4c5c(c3)-c3cccc6sc7cccc(c7c36)B5c3cccc5sc6cccc-4c6c35)c3ccc4ccccc4c3)ccc2c1. The molecule has 4 heterocycles. The maximum atomic E-state index is 2.59. The van der Waals surface area contributed by atoms with E-state index in [1.807, 2.05) is 22.7 Å². The normalized spacial score (nSPS) is 12.9. The van der Waals surface area contributed by atoms with Crippen LogP contribution in [0, 0.1) is 0 Å². The van der Waals surface area contributed by atoms with Crippen LogP contribution in [0.5, 0.6) is 0 Å². The van der Waals surface area contributed by atoms with E-state index in [1.54, 1.807) is 0 Å². The van der Waals surface area contributed by atoms with Crippen molar-refractivity contribution in [2.24, 2.45) is 0 Å². The van der Waals surface area contributed by atoms with Crippen LogP contribution in [0.4, 0.5) is 0 Å². The topological polar surface area (TPSA) is 0 Å². The van der Waals surface area contributed by atoms with Crippen molar-refractivity contribution in [3.63, 3.8) is 0 Å². The molecule has 2 aliphatic rings. The molecular formula is C51H29BS2. The van der Waals surface area contributed by atoms with Crippen molar-refractivity contribution >= 4 is 108 Å². The highest BCUT2D eigenvalue weighted by Crippen LogP contribution is 2.47. The summed E-state index contributed by atoms with van der Waals surface area (Å²) >= 11 is 3.88. The van der Waals surface area contributed by atoms with Gasteiger partial charge in [0.2, 0.25) is 6.71 Å². The van der Waals surface area contributed by atoms with Crippen molar-refractivity contribution in [3.05, 3.63) is 187 Å². The second-order valence-corrected chi connectivity index (χ2v) is 17.3. The van der Waals surface area contributed by atoms with Gasteiger partial charge >= 0.3 is 0 Å².